The van der Waals surface area contributed by atoms with Gasteiger partial charge >= 0.3 is 0 Å². The number of hydrogen-bond donors (Lipinski definition) is 2. The van der Waals surface area contributed by atoms with Crippen molar-refractivity contribution in [1.82, 2.24) is 10.6 Å². The molecule has 0 bridgehead atoms. The number of benzene rings is 1. The van der Waals surface area contributed by atoms with Gasteiger partial charge in [0.1, 0.15) is 0 Å². The number of carbonyl (C=O) groups excluding carboxylic acids is 2. The molecule has 0 atom stereocenters. The van der Waals surface area contributed by atoms with Crippen molar-refractivity contribution >= 4 is 39.3 Å². The van der Waals surface area contributed by atoms with Crippen LogP contribution in [0.2, 0.25) is 5.02 Å². The van der Waals surface area contributed by atoms with Crippen LogP contribution in [0.3, 0.4) is 0 Å². The Morgan fingerprint density at radius 1 is 1.26 bits per heavy atom. The van der Waals surface area contributed by atoms with Crippen LogP contribution in [0.1, 0.15) is 23.2 Å². The maximum Gasteiger partial charge on any atom is 0.251 e. The zero-order valence-corrected chi connectivity index (χ0v) is 12.6. The Kier molecular flexibility index (Phi) is 4.82. The molecule has 19 heavy (non-hydrogen) atoms. The molecule has 0 radical (unpaired) electrons. The van der Waals surface area contributed by atoms with E-state index in [4.69, 9.17) is 11.6 Å². The summed E-state index contributed by atoms with van der Waals surface area (Å²) in [5.74, 6) is 0.101. The molecular formula is C13H14BrClN2O2. The summed E-state index contributed by atoms with van der Waals surface area (Å²) in [6.45, 7) is 0.868. The lowest BCUT2D eigenvalue weighted by Crippen LogP contribution is -2.35. The SMILES string of the molecule is O=C(NCCNC(=O)C1CC1)c1ccc(Cl)c(Br)c1. The number of amides is 2. The van der Waals surface area contributed by atoms with E-state index >= 15 is 0 Å². The average Bonchev–Trinajstić information content (AvgIpc) is 3.21. The molecule has 1 aromatic rings. The predicted octanol–water partition coefficient (Wildman–Crippen LogP) is 2.36. The molecule has 0 unspecified atom stereocenters. The van der Waals surface area contributed by atoms with Crippen molar-refractivity contribution in [1.29, 1.82) is 0 Å². The van der Waals surface area contributed by atoms with Crippen LogP contribution in [-0.4, -0.2) is 24.9 Å². The molecule has 1 aromatic carbocycles. The molecule has 1 aliphatic carbocycles. The second-order valence-corrected chi connectivity index (χ2v) is 5.71. The number of nitrogens with one attached hydrogen (secondary N) is 2. The number of hydrogen-bond acceptors (Lipinski definition) is 2. The zero-order chi connectivity index (χ0) is 13.8. The van der Waals surface area contributed by atoms with E-state index in [0.717, 1.165) is 12.8 Å². The molecule has 0 saturated heterocycles. The van der Waals surface area contributed by atoms with Crippen LogP contribution in [0.5, 0.6) is 0 Å². The molecule has 2 amide bonds. The second-order valence-electron chi connectivity index (χ2n) is 4.45. The van der Waals surface area contributed by atoms with Gasteiger partial charge in [0.2, 0.25) is 5.91 Å². The van der Waals surface area contributed by atoms with Gasteiger partial charge in [-0.25, -0.2) is 0 Å². The fourth-order valence-corrected chi connectivity index (χ4v) is 2.09. The molecule has 2 N–H and O–H groups in total. The van der Waals surface area contributed by atoms with E-state index in [-0.39, 0.29) is 17.7 Å². The molecule has 0 aliphatic heterocycles. The van der Waals surface area contributed by atoms with Gasteiger partial charge in [0, 0.05) is 29.0 Å². The summed E-state index contributed by atoms with van der Waals surface area (Å²) in [5, 5.41) is 6.09. The van der Waals surface area contributed by atoms with E-state index in [0.29, 0.717) is 28.1 Å². The molecule has 4 nitrogen and oxygen atoms in total. The number of halogens is 2. The van der Waals surface area contributed by atoms with Gasteiger partial charge in [0.05, 0.1) is 5.02 Å². The summed E-state index contributed by atoms with van der Waals surface area (Å²) < 4.78 is 0.684. The monoisotopic (exact) mass is 344 g/mol. The van der Waals surface area contributed by atoms with Crippen LogP contribution in [0, 0.1) is 5.92 Å². The lowest BCUT2D eigenvalue weighted by atomic mass is 10.2. The van der Waals surface area contributed by atoms with Crippen molar-refractivity contribution in [3.63, 3.8) is 0 Å². The molecule has 2 rings (SSSR count). The van der Waals surface area contributed by atoms with Gasteiger partial charge in [0.25, 0.3) is 5.91 Å². The van der Waals surface area contributed by atoms with Gasteiger partial charge in [-0.15, -0.1) is 0 Å². The third-order valence-corrected chi connectivity index (χ3v) is 4.05. The van der Waals surface area contributed by atoms with Crippen molar-refractivity contribution in [3.05, 3.63) is 33.3 Å². The van der Waals surface area contributed by atoms with Crippen LogP contribution < -0.4 is 10.6 Å². The van der Waals surface area contributed by atoms with Crippen molar-refractivity contribution < 1.29 is 9.59 Å². The number of carbonyl (C=O) groups is 2. The second kappa shape index (κ2) is 6.39. The minimum Gasteiger partial charge on any atom is -0.354 e. The van der Waals surface area contributed by atoms with Gasteiger partial charge in [0.15, 0.2) is 0 Å². The summed E-state index contributed by atoms with van der Waals surface area (Å²) in [7, 11) is 0. The van der Waals surface area contributed by atoms with E-state index in [2.05, 4.69) is 26.6 Å². The number of rotatable bonds is 5. The summed E-state index contributed by atoms with van der Waals surface area (Å²) in [6, 6.07) is 4.99. The maximum atomic E-state index is 11.8. The Labute approximate surface area is 125 Å². The molecule has 0 spiro atoms. The standard InChI is InChI=1S/C13H14BrClN2O2/c14-10-7-9(3-4-11(10)15)13(19)17-6-5-16-12(18)8-1-2-8/h3-4,7-8H,1-2,5-6H2,(H,16,18)(H,17,19). The highest BCUT2D eigenvalue weighted by Gasteiger charge is 2.28. The summed E-state index contributed by atoms with van der Waals surface area (Å²) in [6.07, 6.45) is 1.97. The van der Waals surface area contributed by atoms with Gasteiger partial charge in [-0.2, -0.15) is 0 Å². The lowest BCUT2D eigenvalue weighted by Gasteiger charge is -2.07. The van der Waals surface area contributed by atoms with E-state index < -0.39 is 0 Å². The minimum atomic E-state index is -0.182. The summed E-state index contributed by atoms with van der Waals surface area (Å²) in [5.41, 5.74) is 0.532. The van der Waals surface area contributed by atoms with Crippen LogP contribution in [-0.2, 0) is 4.79 Å². The summed E-state index contributed by atoms with van der Waals surface area (Å²) >= 11 is 9.13. The fraction of sp³-hybridized carbons (Fsp3) is 0.385. The highest BCUT2D eigenvalue weighted by Crippen LogP contribution is 2.28. The van der Waals surface area contributed by atoms with Gasteiger partial charge in [-0.05, 0) is 47.0 Å². The van der Waals surface area contributed by atoms with Crippen molar-refractivity contribution in [2.45, 2.75) is 12.8 Å². The zero-order valence-electron chi connectivity index (χ0n) is 10.2. The Morgan fingerprint density at radius 3 is 2.58 bits per heavy atom. The fourth-order valence-electron chi connectivity index (χ4n) is 1.59. The predicted molar refractivity (Wildman–Crippen MR) is 77.2 cm³/mol. The summed E-state index contributed by atoms with van der Waals surface area (Å²) in [4.78, 5) is 23.2. The minimum absolute atomic E-state index is 0.0866. The quantitative estimate of drug-likeness (QED) is 0.805. The third kappa shape index (κ3) is 4.21. The van der Waals surface area contributed by atoms with Gasteiger partial charge < -0.3 is 10.6 Å². The van der Waals surface area contributed by atoms with E-state index in [1.165, 1.54) is 0 Å². The van der Waals surface area contributed by atoms with E-state index in [9.17, 15) is 9.59 Å². The highest BCUT2D eigenvalue weighted by atomic mass is 79.9. The Hall–Kier alpha value is -1.07. The largest absolute Gasteiger partial charge is 0.354 e. The van der Waals surface area contributed by atoms with Crippen molar-refractivity contribution in [2.75, 3.05) is 13.1 Å². The highest BCUT2D eigenvalue weighted by molar-refractivity contribution is 9.10. The van der Waals surface area contributed by atoms with Crippen LogP contribution in [0.25, 0.3) is 0 Å². The normalized spacial score (nSPS) is 14.0. The van der Waals surface area contributed by atoms with E-state index in [1.807, 2.05) is 0 Å². The van der Waals surface area contributed by atoms with Crippen molar-refractivity contribution in [2.24, 2.45) is 5.92 Å². The topological polar surface area (TPSA) is 58.2 Å². The smallest absolute Gasteiger partial charge is 0.251 e. The molecule has 0 aromatic heterocycles. The molecule has 1 aliphatic rings. The lowest BCUT2D eigenvalue weighted by molar-refractivity contribution is -0.122. The first kappa shape index (κ1) is 14.3. The Balaban J connectivity index is 1.74. The van der Waals surface area contributed by atoms with Crippen LogP contribution in [0.4, 0.5) is 0 Å². The third-order valence-electron chi connectivity index (χ3n) is 2.84. The molecule has 1 saturated carbocycles. The maximum absolute atomic E-state index is 11.8. The molecule has 1 fully saturated rings. The van der Waals surface area contributed by atoms with Crippen LogP contribution >= 0.6 is 27.5 Å². The van der Waals surface area contributed by atoms with Crippen LogP contribution in [0.15, 0.2) is 22.7 Å². The molecule has 102 valence electrons. The van der Waals surface area contributed by atoms with Crippen molar-refractivity contribution in [3.8, 4) is 0 Å². The molecule has 6 heteroatoms. The average molecular weight is 346 g/mol. The van der Waals surface area contributed by atoms with Gasteiger partial charge in [-0.1, -0.05) is 11.6 Å². The Bertz CT molecular complexity index is 503. The first-order valence-corrected chi connectivity index (χ1v) is 7.26. The van der Waals surface area contributed by atoms with Gasteiger partial charge in [-0.3, -0.25) is 9.59 Å². The first-order valence-electron chi connectivity index (χ1n) is 6.09. The molecule has 0 heterocycles. The van der Waals surface area contributed by atoms with E-state index in [1.54, 1.807) is 18.2 Å². The molecular weight excluding hydrogens is 332 g/mol. The Morgan fingerprint density at radius 2 is 1.95 bits per heavy atom. The first-order chi connectivity index (χ1) is 9.08.